The van der Waals surface area contributed by atoms with Crippen LogP contribution < -0.4 is 10.2 Å². The van der Waals surface area contributed by atoms with Crippen molar-refractivity contribution in [2.24, 2.45) is 0 Å². The highest BCUT2D eigenvalue weighted by Crippen LogP contribution is 2.25. The molecule has 2 aromatic rings. The van der Waals surface area contributed by atoms with Crippen LogP contribution in [-0.4, -0.2) is 58.7 Å². The molecule has 2 N–H and O–H groups in total. The Hall–Kier alpha value is -1.93. The lowest BCUT2D eigenvalue weighted by atomic mass is 10.1. The number of halogens is 1. The number of carbonyl (C=O) groups excluding carboxylic acids is 1. The van der Waals surface area contributed by atoms with Gasteiger partial charge in [-0.1, -0.05) is 26.8 Å². The maximum atomic E-state index is 12.4. The van der Waals surface area contributed by atoms with Crippen molar-refractivity contribution in [3.8, 4) is 0 Å². The topological polar surface area (TPSA) is 77.1 Å². The first kappa shape index (κ1) is 19.8. The van der Waals surface area contributed by atoms with Crippen LogP contribution >= 0.6 is 15.9 Å². The summed E-state index contributed by atoms with van der Waals surface area (Å²) in [7, 11) is 0. The molecule has 0 saturated carbocycles. The van der Waals surface area contributed by atoms with Crippen LogP contribution in [0.15, 0.2) is 22.8 Å². The Balaban J connectivity index is 1.55. The number of nitrogens with one attached hydrogen (secondary N) is 2. The zero-order valence-corrected chi connectivity index (χ0v) is 17.7. The van der Waals surface area contributed by atoms with E-state index in [0.717, 1.165) is 54.3 Å². The molecule has 0 aliphatic carbocycles. The third-order valence-electron chi connectivity index (χ3n) is 4.93. The number of aromatic nitrogens is 3. The van der Waals surface area contributed by atoms with E-state index in [1.54, 1.807) is 0 Å². The highest BCUT2D eigenvalue weighted by molar-refractivity contribution is 9.10. The third kappa shape index (κ3) is 4.68. The highest BCUT2D eigenvalue weighted by Gasteiger charge is 2.19. The minimum Gasteiger partial charge on any atom is -0.354 e. The molecule has 7 nitrogen and oxygen atoms in total. The summed E-state index contributed by atoms with van der Waals surface area (Å²) in [5, 5.41) is 9.96. The zero-order valence-electron chi connectivity index (χ0n) is 16.1. The van der Waals surface area contributed by atoms with Crippen molar-refractivity contribution in [1.29, 1.82) is 0 Å². The summed E-state index contributed by atoms with van der Waals surface area (Å²) in [6.45, 7) is 12.0. The predicted molar refractivity (Wildman–Crippen MR) is 110 cm³/mol. The molecule has 1 aliphatic rings. The van der Waals surface area contributed by atoms with E-state index in [1.165, 1.54) is 0 Å². The van der Waals surface area contributed by atoms with Crippen molar-refractivity contribution in [3.63, 3.8) is 0 Å². The van der Waals surface area contributed by atoms with Gasteiger partial charge in [0.2, 0.25) is 0 Å². The van der Waals surface area contributed by atoms with Crippen molar-refractivity contribution >= 4 is 27.7 Å². The maximum absolute atomic E-state index is 12.4. The van der Waals surface area contributed by atoms with Gasteiger partial charge in [-0.3, -0.25) is 9.89 Å². The fraction of sp³-hybridized carbons (Fsp3) is 0.526. The lowest BCUT2D eigenvalue weighted by Gasteiger charge is -2.34. The molecule has 27 heavy (non-hydrogen) atoms. The molecule has 1 aliphatic heterocycles. The number of pyridine rings is 1. The number of amides is 1. The molecule has 1 fully saturated rings. The van der Waals surface area contributed by atoms with Crippen LogP contribution in [0.4, 0.5) is 5.82 Å². The van der Waals surface area contributed by atoms with Crippen molar-refractivity contribution in [1.82, 2.24) is 25.4 Å². The monoisotopic (exact) mass is 434 g/mol. The lowest BCUT2D eigenvalue weighted by Crippen LogP contribution is -2.46. The van der Waals surface area contributed by atoms with Gasteiger partial charge in [0, 0.05) is 38.9 Å². The van der Waals surface area contributed by atoms with Crippen LogP contribution in [0.2, 0.25) is 0 Å². The minimum atomic E-state index is -0.204. The van der Waals surface area contributed by atoms with Gasteiger partial charge >= 0.3 is 0 Å². The largest absolute Gasteiger partial charge is 0.354 e. The first-order chi connectivity index (χ1) is 13.0. The molecule has 1 amide bonds. The fourth-order valence-corrected chi connectivity index (χ4v) is 3.96. The number of piperazine rings is 1. The number of nitrogens with zero attached hydrogens (tertiary/aromatic N) is 4. The molecule has 1 saturated heterocycles. The van der Waals surface area contributed by atoms with E-state index in [4.69, 9.17) is 0 Å². The van der Waals surface area contributed by atoms with Crippen LogP contribution in [0.3, 0.4) is 0 Å². The number of H-pyrrole nitrogens is 1. The molecule has 0 spiro atoms. The molecule has 0 unspecified atom stereocenters. The van der Waals surface area contributed by atoms with Gasteiger partial charge in [0.1, 0.15) is 5.82 Å². The summed E-state index contributed by atoms with van der Waals surface area (Å²) in [6, 6.07) is 4.05. The molecule has 8 heteroatoms. The average molecular weight is 435 g/mol. The van der Waals surface area contributed by atoms with Crippen LogP contribution in [0, 0.1) is 0 Å². The van der Waals surface area contributed by atoms with E-state index in [0.29, 0.717) is 12.2 Å². The van der Waals surface area contributed by atoms with Gasteiger partial charge in [-0.15, -0.1) is 0 Å². The second kappa shape index (κ2) is 8.84. The first-order valence-corrected chi connectivity index (χ1v) is 10.2. The van der Waals surface area contributed by atoms with Gasteiger partial charge in [-0.2, -0.15) is 5.10 Å². The average Bonchev–Trinajstić information content (AvgIpc) is 3.08. The second-order valence-corrected chi connectivity index (χ2v) is 7.88. The van der Waals surface area contributed by atoms with Gasteiger partial charge in [0.05, 0.1) is 10.2 Å². The minimum absolute atomic E-state index is 0.204. The number of anilines is 1. The Bertz CT molecular complexity index is 765. The molecular weight excluding hydrogens is 408 g/mol. The van der Waals surface area contributed by atoms with Gasteiger partial charge in [-0.05, 0) is 40.0 Å². The van der Waals surface area contributed by atoms with Crippen molar-refractivity contribution in [2.45, 2.75) is 33.2 Å². The number of carbonyl (C=O) groups is 1. The number of hydrogen-bond acceptors (Lipinski definition) is 5. The zero-order chi connectivity index (χ0) is 19.4. The molecule has 3 rings (SSSR count). The lowest BCUT2D eigenvalue weighted by molar-refractivity contribution is 0.0945. The fourth-order valence-electron chi connectivity index (χ4n) is 3.14. The Morgan fingerprint density at radius 2 is 2.04 bits per heavy atom. The van der Waals surface area contributed by atoms with Crippen molar-refractivity contribution < 1.29 is 4.79 Å². The summed E-state index contributed by atoms with van der Waals surface area (Å²) in [5.74, 6) is 1.06. The van der Waals surface area contributed by atoms with E-state index in [2.05, 4.69) is 67.0 Å². The third-order valence-corrected chi connectivity index (χ3v) is 5.73. The van der Waals surface area contributed by atoms with E-state index in [1.807, 2.05) is 18.3 Å². The molecule has 0 atom stereocenters. The Kier molecular flexibility index (Phi) is 6.49. The molecular formula is C19H27BrN6O. The summed E-state index contributed by atoms with van der Waals surface area (Å²) in [4.78, 5) is 21.7. The standard InChI is InChI=1S/C19H27BrN6O/c1-4-25-7-9-26(10-8-25)15-6-5-14(11-21-15)12-22-19(27)18-16(20)17(13(2)3)23-24-18/h5-6,11,13H,4,7-10,12H2,1-3H3,(H,22,27)(H,23,24). The number of hydrogen-bond donors (Lipinski definition) is 2. The molecule has 0 bridgehead atoms. The smallest absolute Gasteiger partial charge is 0.273 e. The summed E-state index contributed by atoms with van der Waals surface area (Å²) >= 11 is 3.47. The summed E-state index contributed by atoms with van der Waals surface area (Å²) in [5.41, 5.74) is 2.28. The first-order valence-electron chi connectivity index (χ1n) is 9.43. The molecule has 0 aromatic carbocycles. The number of rotatable bonds is 6. The van der Waals surface area contributed by atoms with E-state index in [9.17, 15) is 4.79 Å². The van der Waals surface area contributed by atoms with Crippen LogP contribution in [0.5, 0.6) is 0 Å². The Morgan fingerprint density at radius 1 is 1.30 bits per heavy atom. The maximum Gasteiger partial charge on any atom is 0.273 e. The highest BCUT2D eigenvalue weighted by atomic mass is 79.9. The predicted octanol–water partition coefficient (Wildman–Crippen LogP) is 2.76. The van der Waals surface area contributed by atoms with Gasteiger partial charge in [-0.25, -0.2) is 4.98 Å². The van der Waals surface area contributed by atoms with Gasteiger partial charge < -0.3 is 15.1 Å². The van der Waals surface area contributed by atoms with Gasteiger partial charge in [0.25, 0.3) is 5.91 Å². The van der Waals surface area contributed by atoms with E-state index >= 15 is 0 Å². The summed E-state index contributed by atoms with van der Waals surface area (Å²) < 4.78 is 0.731. The van der Waals surface area contributed by atoms with Crippen molar-refractivity contribution in [3.05, 3.63) is 39.8 Å². The van der Waals surface area contributed by atoms with E-state index < -0.39 is 0 Å². The number of likely N-dealkylation sites (N-methyl/N-ethyl adjacent to an activating group) is 1. The van der Waals surface area contributed by atoms with Crippen LogP contribution in [-0.2, 0) is 6.54 Å². The number of aromatic amines is 1. The van der Waals surface area contributed by atoms with Crippen LogP contribution in [0.1, 0.15) is 48.4 Å². The van der Waals surface area contributed by atoms with Crippen molar-refractivity contribution in [2.75, 3.05) is 37.6 Å². The summed E-state index contributed by atoms with van der Waals surface area (Å²) in [6.07, 6.45) is 1.83. The molecule has 2 aromatic heterocycles. The van der Waals surface area contributed by atoms with Crippen LogP contribution in [0.25, 0.3) is 0 Å². The second-order valence-electron chi connectivity index (χ2n) is 7.08. The SMILES string of the molecule is CCN1CCN(c2ccc(CNC(=O)c3n[nH]c(C(C)C)c3Br)cn2)CC1. The van der Waals surface area contributed by atoms with Gasteiger partial charge in [0.15, 0.2) is 5.69 Å². The Morgan fingerprint density at radius 3 is 2.59 bits per heavy atom. The normalized spacial score (nSPS) is 15.4. The Labute approximate surface area is 168 Å². The molecule has 3 heterocycles. The quantitative estimate of drug-likeness (QED) is 0.730. The van der Waals surface area contributed by atoms with E-state index in [-0.39, 0.29) is 11.8 Å². The molecule has 146 valence electrons. The molecule has 0 radical (unpaired) electrons.